The Balaban J connectivity index is 1.59. The number of rotatable bonds is 6. The molecule has 2 heterocycles. The van der Waals surface area contributed by atoms with Crippen molar-refractivity contribution in [3.8, 4) is 5.75 Å². The van der Waals surface area contributed by atoms with Crippen LogP contribution < -0.4 is 10.1 Å². The highest BCUT2D eigenvalue weighted by molar-refractivity contribution is 5.26. The van der Waals surface area contributed by atoms with Crippen LogP contribution in [-0.4, -0.2) is 11.0 Å². The molecule has 106 valence electrons. The molecule has 0 aliphatic heterocycles. The largest absolute Gasteiger partial charge is 0.484 e. The Labute approximate surface area is 119 Å². The molecule has 20 heavy (non-hydrogen) atoms. The summed E-state index contributed by atoms with van der Waals surface area (Å²) in [6, 6.07) is 6.54. The van der Waals surface area contributed by atoms with E-state index in [1.807, 2.05) is 19.1 Å². The number of furan rings is 1. The van der Waals surface area contributed by atoms with Gasteiger partial charge in [-0.15, -0.1) is 0 Å². The Hall–Kier alpha value is -1.81. The average Bonchev–Trinajstić information content (AvgIpc) is 3.20. The minimum absolute atomic E-state index is 0.441. The summed E-state index contributed by atoms with van der Waals surface area (Å²) >= 11 is 0. The van der Waals surface area contributed by atoms with Crippen LogP contribution in [0.15, 0.2) is 28.8 Å². The van der Waals surface area contributed by atoms with Gasteiger partial charge in [0, 0.05) is 12.2 Å². The first-order valence-electron chi connectivity index (χ1n) is 7.08. The Morgan fingerprint density at radius 2 is 2.25 bits per heavy atom. The third-order valence-electron chi connectivity index (χ3n) is 3.53. The van der Waals surface area contributed by atoms with Crippen LogP contribution in [0.25, 0.3) is 0 Å². The second-order valence-corrected chi connectivity index (χ2v) is 5.35. The second kappa shape index (κ2) is 5.67. The molecule has 0 amide bonds. The van der Waals surface area contributed by atoms with E-state index in [1.54, 1.807) is 6.20 Å². The molecule has 4 heteroatoms. The number of hydrogen-bond acceptors (Lipinski definition) is 4. The monoisotopic (exact) mass is 272 g/mol. The van der Waals surface area contributed by atoms with Gasteiger partial charge >= 0.3 is 0 Å². The normalized spacial score (nSPS) is 14.5. The van der Waals surface area contributed by atoms with E-state index in [0.717, 1.165) is 29.5 Å². The van der Waals surface area contributed by atoms with Gasteiger partial charge in [-0.3, -0.25) is 4.98 Å². The van der Waals surface area contributed by atoms with Crippen LogP contribution >= 0.6 is 0 Å². The summed E-state index contributed by atoms with van der Waals surface area (Å²) < 4.78 is 11.6. The number of ether oxygens (including phenoxy) is 1. The fourth-order valence-electron chi connectivity index (χ4n) is 2.13. The van der Waals surface area contributed by atoms with E-state index in [0.29, 0.717) is 12.6 Å². The first-order chi connectivity index (χ1) is 9.72. The Morgan fingerprint density at radius 3 is 3.00 bits per heavy atom. The third-order valence-corrected chi connectivity index (χ3v) is 3.53. The van der Waals surface area contributed by atoms with Crippen molar-refractivity contribution in [2.45, 2.75) is 45.9 Å². The summed E-state index contributed by atoms with van der Waals surface area (Å²) in [4.78, 5) is 4.20. The number of aryl methyl sites for hydroxylation is 2. The van der Waals surface area contributed by atoms with Gasteiger partial charge < -0.3 is 14.5 Å². The molecule has 4 nitrogen and oxygen atoms in total. The molecule has 0 radical (unpaired) electrons. The van der Waals surface area contributed by atoms with E-state index in [2.05, 4.69) is 23.3 Å². The molecule has 1 N–H and O–H groups in total. The van der Waals surface area contributed by atoms with Crippen molar-refractivity contribution in [2.24, 2.45) is 0 Å². The Bertz CT molecular complexity index is 588. The highest BCUT2D eigenvalue weighted by Crippen LogP contribution is 2.22. The van der Waals surface area contributed by atoms with Gasteiger partial charge in [0.2, 0.25) is 0 Å². The minimum atomic E-state index is 0.441. The summed E-state index contributed by atoms with van der Waals surface area (Å²) in [6.45, 7) is 5.26. The molecule has 1 saturated carbocycles. The highest BCUT2D eigenvalue weighted by atomic mass is 16.5. The Morgan fingerprint density at radius 1 is 1.40 bits per heavy atom. The van der Waals surface area contributed by atoms with Crippen molar-refractivity contribution < 1.29 is 9.15 Å². The van der Waals surface area contributed by atoms with Crippen molar-refractivity contribution >= 4 is 0 Å². The van der Waals surface area contributed by atoms with Gasteiger partial charge in [0.05, 0.1) is 12.2 Å². The number of hydrogen-bond donors (Lipinski definition) is 1. The molecule has 0 unspecified atom stereocenters. The molecule has 0 bridgehead atoms. The summed E-state index contributed by atoms with van der Waals surface area (Å²) in [7, 11) is 0. The van der Waals surface area contributed by atoms with E-state index in [-0.39, 0.29) is 0 Å². The topological polar surface area (TPSA) is 47.3 Å². The zero-order valence-electron chi connectivity index (χ0n) is 12.0. The maximum atomic E-state index is 5.85. The van der Waals surface area contributed by atoms with Crippen LogP contribution in [0.4, 0.5) is 0 Å². The van der Waals surface area contributed by atoms with E-state index >= 15 is 0 Å². The maximum absolute atomic E-state index is 5.85. The quantitative estimate of drug-likeness (QED) is 0.877. The molecule has 1 aliphatic carbocycles. The third kappa shape index (κ3) is 3.20. The van der Waals surface area contributed by atoms with Crippen molar-refractivity contribution in [1.29, 1.82) is 0 Å². The first-order valence-corrected chi connectivity index (χ1v) is 7.08. The molecule has 1 aliphatic rings. The molecule has 3 rings (SSSR count). The van der Waals surface area contributed by atoms with E-state index in [4.69, 9.17) is 9.15 Å². The lowest BCUT2D eigenvalue weighted by molar-refractivity contribution is 0.262. The summed E-state index contributed by atoms with van der Waals surface area (Å²) in [6.07, 6.45) is 4.34. The van der Waals surface area contributed by atoms with E-state index in [9.17, 15) is 0 Å². The number of nitrogens with zero attached hydrogens (tertiary/aromatic N) is 1. The lowest BCUT2D eigenvalue weighted by atomic mass is 10.2. The summed E-state index contributed by atoms with van der Waals surface area (Å²) in [5.74, 6) is 2.68. The van der Waals surface area contributed by atoms with Crippen molar-refractivity contribution in [1.82, 2.24) is 10.3 Å². The van der Waals surface area contributed by atoms with Crippen molar-refractivity contribution in [3.63, 3.8) is 0 Å². The van der Waals surface area contributed by atoms with Gasteiger partial charge in [0.15, 0.2) is 0 Å². The van der Waals surface area contributed by atoms with Crippen LogP contribution in [0, 0.1) is 13.8 Å². The number of nitrogens with one attached hydrogen (secondary N) is 1. The molecular weight excluding hydrogens is 252 g/mol. The van der Waals surface area contributed by atoms with E-state index < -0.39 is 0 Å². The molecule has 0 aromatic carbocycles. The highest BCUT2D eigenvalue weighted by Gasteiger charge is 2.21. The average molecular weight is 272 g/mol. The second-order valence-electron chi connectivity index (χ2n) is 5.35. The van der Waals surface area contributed by atoms with Gasteiger partial charge in [0.1, 0.15) is 23.9 Å². The minimum Gasteiger partial charge on any atom is -0.484 e. The predicted molar refractivity (Wildman–Crippen MR) is 76.6 cm³/mol. The van der Waals surface area contributed by atoms with Crippen LogP contribution in [0.1, 0.15) is 35.6 Å². The first kappa shape index (κ1) is 13.2. The fourth-order valence-corrected chi connectivity index (χ4v) is 2.13. The van der Waals surface area contributed by atoms with Gasteiger partial charge in [-0.05, 0) is 50.5 Å². The molecule has 0 spiro atoms. The van der Waals surface area contributed by atoms with Gasteiger partial charge in [-0.1, -0.05) is 0 Å². The molecule has 0 atom stereocenters. The fraction of sp³-hybridized carbons (Fsp3) is 0.438. The number of pyridine rings is 1. The lowest BCUT2D eigenvalue weighted by Crippen LogP contribution is -2.15. The lowest BCUT2D eigenvalue weighted by Gasteiger charge is -2.06. The molecule has 2 aromatic heterocycles. The van der Waals surface area contributed by atoms with Gasteiger partial charge in [-0.25, -0.2) is 0 Å². The molecule has 2 aromatic rings. The number of aromatic nitrogens is 1. The van der Waals surface area contributed by atoms with Crippen LogP contribution in [0.5, 0.6) is 5.75 Å². The predicted octanol–water partition coefficient (Wildman–Crippen LogP) is 3.12. The molecular formula is C16H20N2O2. The summed E-state index contributed by atoms with van der Waals surface area (Å²) in [5, 5.41) is 3.47. The zero-order valence-corrected chi connectivity index (χ0v) is 12.0. The maximum Gasteiger partial charge on any atom is 0.146 e. The van der Waals surface area contributed by atoms with Crippen LogP contribution in [0.3, 0.4) is 0 Å². The van der Waals surface area contributed by atoms with Crippen LogP contribution in [-0.2, 0) is 13.2 Å². The van der Waals surface area contributed by atoms with Crippen molar-refractivity contribution in [2.75, 3.05) is 0 Å². The summed E-state index contributed by atoms with van der Waals surface area (Å²) in [5.41, 5.74) is 2.08. The standard InChI is InChI=1S/C16H20N2O2/c1-11-8-14(20-16(11)9-18-13-5-6-13)10-19-15-4-3-7-17-12(15)2/h3-4,7-8,13,18H,5-6,9-10H2,1-2H3. The van der Waals surface area contributed by atoms with Crippen LogP contribution in [0.2, 0.25) is 0 Å². The zero-order chi connectivity index (χ0) is 13.9. The SMILES string of the molecule is Cc1cc(COc2cccnc2C)oc1CNC1CC1. The van der Waals surface area contributed by atoms with Crippen molar-refractivity contribution in [3.05, 3.63) is 47.2 Å². The van der Waals surface area contributed by atoms with Gasteiger partial charge in [-0.2, -0.15) is 0 Å². The van der Waals surface area contributed by atoms with E-state index in [1.165, 1.54) is 18.4 Å². The smallest absolute Gasteiger partial charge is 0.146 e. The molecule has 1 fully saturated rings. The molecule has 0 saturated heterocycles. The Kier molecular flexibility index (Phi) is 3.74. The van der Waals surface area contributed by atoms with Gasteiger partial charge in [0.25, 0.3) is 0 Å².